The van der Waals surface area contributed by atoms with Crippen molar-refractivity contribution < 1.29 is 13.2 Å². The Morgan fingerprint density at radius 3 is 2.70 bits per heavy atom. The van der Waals surface area contributed by atoms with Gasteiger partial charge in [0.15, 0.2) is 16.8 Å². The van der Waals surface area contributed by atoms with Crippen LogP contribution in [0.4, 0.5) is 24.0 Å². The molecular formula is C14H9F3N2S. The van der Waals surface area contributed by atoms with Crippen molar-refractivity contribution in [3.05, 3.63) is 53.3 Å². The standard InChI is InChI=1S/C14H9F3N2S/c1-7-2-3-12-10(4-7)18-14(20-12)19-11-6-8(15)5-9(16)13(11)17/h2-6H,1H3,(H,18,19). The lowest BCUT2D eigenvalue weighted by molar-refractivity contribution is 0.498. The Kier molecular flexibility index (Phi) is 3.10. The number of thiazole rings is 1. The van der Waals surface area contributed by atoms with Crippen molar-refractivity contribution in [3.63, 3.8) is 0 Å². The summed E-state index contributed by atoms with van der Waals surface area (Å²) in [4.78, 5) is 4.27. The lowest BCUT2D eigenvalue weighted by Crippen LogP contribution is -1.97. The van der Waals surface area contributed by atoms with Gasteiger partial charge in [0.2, 0.25) is 0 Å². The second-order valence-electron chi connectivity index (χ2n) is 4.36. The molecule has 0 radical (unpaired) electrons. The van der Waals surface area contributed by atoms with Crippen LogP contribution in [0.25, 0.3) is 10.2 Å². The van der Waals surface area contributed by atoms with Gasteiger partial charge in [0, 0.05) is 12.1 Å². The van der Waals surface area contributed by atoms with Crippen LogP contribution in [0.1, 0.15) is 5.56 Å². The highest BCUT2D eigenvalue weighted by atomic mass is 32.1. The summed E-state index contributed by atoms with van der Waals surface area (Å²) in [6, 6.07) is 7.13. The van der Waals surface area contributed by atoms with Gasteiger partial charge < -0.3 is 5.32 Å². The molecule has 20 heavy (non-hydrogen) atoms. The van der Waals surface area contributed by atoms with Gasteiger partial charge >= 0.3 is 0 Å². The van der Waals surface area contributed by atoms with Crippen LogP contribution < -0.4 is 5.32 Å². The van der Waals surface area contributed by atoms with Crippen molar-refractivity contribution in [1.82, 2.24) is 4.98 Å². The number of halogens is 3. The summed E-state index contributed by atoms with van der Waals surface area (Å²) in [7, 11) is 0. The van der Waals surface area contributed by atoms with Gasteiger partial charge in [0.1, 0.15) is 5.82 Å². The molecule has 0 saturated carbocycles. The summed E-state index contributed by atoms with van der Waals surface area (Å²) >= 11 is 1.29. The van der Waals surface area contributed by atoms with E-state index in [0.29, 0.717) is 11.2 Å². The summed E-state index contributed by atoms with van der Waals surface area (Å²) in [6.45, 7) is 1.94. The number of nitrogens with zero attached hydrogens (tertiary/aromatic N) is 1. The molecular weight excluding hydrogens is 285 g/mol. The minimum Gasteiger partial charge on any atom is -0.329 e. The third kappa shape index (κ3) is 2.34. The molecule has 0 aliphatic carbocycles. The van der Waals surface area contributed by atoms with Crippen molar-refractivity contribution in [3.8, 4) is 0 Å². The average molecular weight is 294 g/mol. The molecule has 0 aliphatic rings. The number of benzene rings is 2. The van der Waals surface area contributed by atoms with Crippen molar-refractivity contribution in [2.75, 3.05) is 5.32 Å². The first kappa shape index (κ1) is 12.9. The molecule has 1 N–H and O–H groups in total. The highest BCUT2D eigenvalue weighted by Crippen LogP contribution is 2.30. The number of aryl methyl sites for hydroxylation is 1. The topological polar surface area (TPSA) is 24.9 Å². The van der Waals surface area contributed by atoms with Crippen LogP contribution in [0.5, 0.6) is 0 Å². The maximum atomic E-state index is 13.6. The van der Waals surface area contributed by atoms with Gasteiger partial charge in [-0.25, -0.2) is 18.2 Å². The van der Waals surface area contributed by atoms with E-state index in [-0.39, 0.29) is 5.69 Å². The zero-order chi connectivity index (χ0) is 14.3. The van der Waals surface area contributed by atoms with Crippen molar-refractivity contribution >= 4 is 32.4 Å². The fourth-order valence-corrected chi connectivity index (χ4v) is 2.71. The molecule has 102 valence electrons. The molecule has 0 atom stereocenters. The molecule has 3 rings (SSSR count). The predicted octanol–water partition coefficient (Wildman–Crippen LogP) is 4.77. The fourth-order valence-electron chi connectivity index (χ4n) is 1.85. The Morgan fingerprint density at radius 1 is 1.10 bits per heavy atom. The molecule has 0 aliphatic heterocycles. The van der Waals surface area contributed by atoms with Crippen LogP contribution in [0.3, 0.4) is 0 Å². The number of hydrogen-bond donors (Lipinski definition) is 1. The predicted molar refractivity (Wildman–Crippen MR) is 74.0 cm³/mol. The largest absolute Gasteiger partial charge is 0.329 e. The molecule has 2 aromatic carbocycles. The van der Waals surface area contributed by atoms with E-state index in [1.807, 2.05) is 25.1 Å². The second-order valence-corrected chi connectivity index (χ2v) is 5.40. The smallest absolute Gasteiger partial charge is 0.188 e. The van der Waals surface area contributed by atoms with Gasteiger partial charge in [-0.05, 0) is 24.6 Å². The summed E-state index contributed by atoms with van der Waals surface area (Å²) < 4.78 is 40.7. The van der Waals surface area contributed by atoms with Crippen LogP contribution in [0.2, 0.25) is 0 Å². The highest BCUT2D eigenvalue weighted by molar-refractivity contribution is 7.22. The zero-order valence-electron chi connectivity index (χ0n) is 10.4. The number of hydrogen-bond acceptors (Lipinski definition) is 3. The van der Waals surface area contributed by atoms with Crippen molar-refractivity contribution in [2.45, 2.75) is 6.92 Å². The first-order chi connectivity index (χ1) is 9.52. The Morgan fingerprint density at radius 2 is 1.90 bits per heavy atom. The van der Waals surface area contributed by atoms with Crippen LogP contribution in [-0.4, -0.2) is 4.98 Å². The van der Waals surface area contributed by atoms with Gasteiger partial charge in [0.05, 0.1) is 15.9 Å². The van der Waals surface area contributed by atoms with E-state index in [4.69, 9.17) is 0 Å². The van der Waals surface area contributed by atoms with Crippen molar-refractivity contribution in [1.29, 1.82) is 0 Å². The quantitative estimate of drug-likeness (QED) is 0.689. The molecule has 3 aromatic rings. The molecule has 1 aromatic heterocycles. The number of aromatic nitrogens is 1. The van der Waals surface area contributed by atoms with Crippen LogP contribution >= 0.6 is 11.3 Å². The number of nitrogens with one attached hydrogen (secondary N) is 1. The number of anilines is 2. The minimum atomic E-state index is -1.23. The molecule has 6 heteroatoms. The van der Waals surface area contributed by atoms with E-state index in [9.17, 15) is 13.2 Å². The second kappa shape index (κ2) is 4.79. The van der Waals surface area contributed by atoms with E-state index >= 15 is 0 Å². The third-order valence-electron chi connectivity index (χ3n) is 2.78. The highest BCUT2D eigenvalue weighted by Gasteiger charge is 2.13. The van der Waals surface area contributed by atoms with E-state index < -0.39 is 17.5 Å². The number of fused-ring (bicyclic) bond motifs is 1. The Balaban J connectivity index is 2.01. The number of rotatable bonds is 2. The fraction of sp³-hybridized carbons (Fsp3) is 0.0714. The molecule has 2 nitrogen and oxygen atoms in total. The lowest BCUT2D eigenvalue weighted by Gasteiger charge is -2.04. The van der Waals surface area contributed by atoms with Gasteiger partial charge in [0.25, 0.3) is 0 Å². The maximum Gasteiger partial charge on any atom is 0.188 e. The summed E-state index contributed by atoms with van der Waals surface area (Å²) in [5, 5.41) is 3.00. The van der Waals surface area contributed by atoms with Crippen LogP contribution in [0.15, 0.2) is 30.3 Å². The summed E-state index contributed by atoms with van der Waals surface area (Å²) in [5.41, 5.74) is 1.55. The van der Waals surface area contributed by atoms with Gasteiger partial charge in [-0.3, -0.25) is 0 Å². The SMILES string of the molecule is Cc1ccc2sc(Nc3cc(F)cc(F)c3F)nc2c1. The first-order valence-corrected chi connectivity index (χ1v) is 6.63. The van der Waals surface area contributed by atoms with Crippen LogP contribution in [0, 0.1) is 24.4 Å². The molecule has 0 saturated heterocycles. The Bertz CT molecular complexity index is 798. The molecule has 0 bridgehead atoms. The lowest BCUT2D eigenvalue weighted by atomic mass is 10.2. The van der Waals surface area contributed by atoms with Crippen molar-refractivity contribution in [2.24, 2.45) is 0 Å². The van der Waals surface area contributed by atoms with Crippen LogP contribution in [-0.2, 0) is 0 Å². The normalized spacial score (nSPS) is 11.0. The maximum absolute atomic E-state index is 13.6. The molecule has 0 fully saturated rings. The molecule has 0 amide bonds. The summed E-state index contributed by atoms with van der Waals surface area (Å²) in [6.07, 6.45) is 0. The van der Waals surface area contributed by atoms with E-state index in [1.165, 1.54) is 11.3 Å². The zero-order valence-corrected chi connectivity index (χ0v) is 11.2. The minimum absolute atomic E-state index is 0.265. The molecule has 1 heterocycles. The van der Waals surface area contributed by atoms with Gasteiger partial charge in [-0.15, -0.1) is 0 Å². The average Bonchev–Trinajstić information content (AvgIpc) is 2.76. The van der Waals surface area contributed by atoms with E-state index in [1.54, 1.807) is 0 Å². The third-order valence-corrected chi connectivity index (χ3v) is 3.73. The van der Waals surface area contributed by atoms with Gasteiger partial charge in [-0.2, -0.15) is 0 Å². The van der Waals surface area contributed by atoms with Gasteiger partial charge in [-0.1, -0.05) is 17.4 Å². The molecule has 0 spiro atoms. The Hall–Kier alpha value is -2.08. The van der Waals surface area contributed by atoms with E-state index in [0.717, 1.165) is 21.8 Å². The summed E-state index contributed by atoms with van der Waals surface area (Å²) in [5.74, 6) is -3.20. The monoisotopic (exact) mass is 294 g/mol. The molecule has 0 unspecified atom stereocenters. The first-order valence-electron chi connectivity index (χ1n) is 5.82. The van der Waals surface area contributed by atoms with E-state index in [2.05, 4.69) is 10.3 Å². The Labute approximate surface area is 116 Å².